The highest BCUT2D eigenvalue weighted by Gasteiger charge is 2.30. The summed E-state index contributed by atoms with van der Waals surface area (Å²) in [5.74, 6) is 0.556. The highest BCUT2D eigenvalue weighted by atomic mass is 16.2. The van der Waals surface area contributed by atoms with Crippen molar-refractivity contribution in [3.63, 3.8) is 0 Å². The van der Waals surface area contributed by atoms with Gasteiger partial charge in [0.1, 0.15) is 5.69 Å². The predicted octanol–water partition coefficient (Wildman–Crippen LogP) is 3.93. The summed E-state index contributed by atoms with van der Waals surface area (Å²) in [5.41, 5.74) is 5.71. The molecule has 1 unspecified atom stereocenters. The van der Waals surface area contributed by atoms with E-state index in [2.05, 4.69) is 47.2 Å². The lowest BCUT2D eigenvalue weighted by molar-refractivity contribution is 0.0785. The van der Waals surface area contributed by atoms with Crippen LogP contribution in [0.1, 0.15) is 59.7 Å². The van der Waals surface area contributed by atoms with E-state index < -0.39 is 0 Å². The second kappa shape index (κ2) is 7.54. The standard InChI is InChI=1S/C22H25N5O/c1-14(2)19-11-21(26-25-19)22(28)27-8-6-17(13-27)20-10-18(9-15(3)24-20)16-5-4-7-23-12-16/h4-5,7,9-12,14,17H,6,8,13H2,1-3H3,(H,25,26). The molecule has 1 aliphatic rings. The van der Waals surface area contributed by atoms with Gasteiger partial charge in [-0.3, -0.25) is 19.9 Å². The molecule has 144 valence electrons. The first-order chi connectivity index (χ1) is 13.5. The first-order valence-electron chi connectivity index (χ1n) is 9.75. The van der Waals surface area contributed by atoms with E-state index in [0.29, 0.717) is 18.2 Å². The van der Waals surface area contributed by atoms with Crippen LogP contribution in [0.25, 0.3) is 11.1 Å². The molecule has 0 radical (unpaired) electrons. The maximum absolute atomic E-state index is 12.8. The fourth-order valence-electron chi connectivity index (χ4n) is 3.70. The molecule has 1 fully saturated rings. The van der Waals surface area contributed by atoms with Crippen molar-refractivity contribution in [1.29, 1.82) is 0 Å². The smallest absolute Gasteiger partial charge is 0.271 e. The van der Waals surface area contributed by atoms with Gasteiger partial charge in [0, 0.05) is 48.4 Å². The molecule has 6 heteroatoms. The number of rotatable bonds is 4. The van der Waals surface area contributed by atoms with Gasteiger partial charge in [0.25, 0.3) is 5.91 Å². The Labute approximate surface area is 165 Å². The molecule has 28 heavy (non-hydrogen) atoms. The van der Waals surface area contributed by atoms with Gasteiger partial charge < -0.3 is 4.90 Å². The number of hydrogen-bond donors (Lipinski definition) is 1. The molecule has 0 aliphatic carbocycles. The lowest BCUT2D eigenvalue weighted by Gasteiger charge is -2.16. The van der Waals surface area contributed by atoms with Gasteiger partial charge in [0.15, 0.2) is 0 Å². The van der Waals surface area contributed by atoms with Crippen LogP contribution >= 0.6 is 0 Å². The number of aromatic amines is 1. The number of carbonyl (C=O) groups excluding carboxylic acids is 1. The normalized spacial score (nSPS) is 16.7. The number of likely N-dealkylation sites (tertiary alicyclic amines) is 1. The van der Waals surface area contributed by atoms with Gasteiger partial charge in [0.2, 0.25) is 0 Å². The lowest BCUT2D eigenvalue weighted by Crippen LogP contribution is -2.28. The van der Waals surface area contributed by atoms with Crippen molar-refractivity contribution in [3.05, 3.63) is 65.5 Å². The summed E-state index contributed by atoms with van der Waals surface area (Å²) in [6, 6.07) is 10.1. The average Bonchev–Trinajstić information content (AvgIpc) is 3.38. The molecule has 4 heterocycles. The van der Waals surface area contributed by atoms with Crippen molar-refractivity contribution in [1.82, 2.24) is 25.1 Å². The van der Waals surface area contributed by atoms with Crippen molar-refractivity contribution in [3.8, 4) is 11.1 Å². The van der Waals surface area contributed by atoms with Crippen LogP contribution in [0.4, 0.5) is 0 Å². The molecule has 3 aromatic heterocycles. The molecule has 0 saturated carbocycles. The number of aromatic nitrogens is 4. The van der Waals surface area contributed by atoms with Crippen molar-refractivity contribution in [2.24, 2.45) is 0 Å². The summed E-state index contributed by atoms with van der Waals surface area (Å²) >= 11 is 0. The molecule has 6 nitrogen and oxygen atoms in total. The van der Waals surface area contributed by atoms with E-state index in [9.17, 15) is 4.79 Å². The topological polar surface area (TPSA) is 74.8 Å². The molecule has 3 aromatic rings. The highest BCUT2D eigenvalue weighted by molar-refractivity contribution is 5.92. The summed E-state index contributed by atoms with van der Waals surface area (Å²) < 4.78 is 0. The zero-order valence-electron chi connectivity index (χ0n) is 16.5. The van der Waals surface area contributed by atoms with E-state index in [0.717, 1.165) is 41.2 Å². The van der Waals surface area contributed by atoms with Gasteiger partial charge in [-0.15, -0.1) is 0 Å². The minimum atomic E-state index is 0.0158. The Hall–Kier alpha value is -3.02. The van der Waals surface area contributed by atoms with Gasteiger partial charge in [-0.1, -0.05) is 19.9 Å². The Morgan fingerprint density at radius 3 is 2.82 bits per heavy atom. The maximum atomic E-state index is 12.8. The van der Waals surface area contributed by atoms with E-state index in [1.807, 2.05) is 30.2 Å². The second-order valence-corrected chi connectivity index (χ2v) is 7.76. The Morgan fingerprint density at radius 2 is 2.11 bits per heavy atom. The summed E-state index contributed by atoms with van der Waals surface area (Å²) in [6.45, 7) is 7.56. The number of hydrogen-bond acceptors (Lipinski definition) is 4. The lowest BCUT2D eigenvalue weighted by atomic mass is 9.99. The number of pyridine rings is 2. The average molecular weight is 375 g/mol. The van der Waals surface area contributed by atoms with Crippen molar-refractivity contribution < 1.29 is 4.79 Å². The first kappa shape index (κ1) is 18.3. The highest BCUT2D eigenvalue weighted by Crippen LogP contribution is 2.30. The zero-order chi connectivity index (χ0) is 19.7. The van der Waals surface area contributed by atoms with Crippen LogP contribution in [-0.4, -0.2) is 44.1 Å². The Morgan fingerprint density at radius 1 is 1.25 bits per heavy atom. The van der Waals surface area contributed by atoms with E-state index >= 15 is 0 Å². The fraction of sp³-hybridized carbons (Fsp3) is 0.364. The summed E-state index contributed by atoms with van der Waals surface area (Å²) in [6.07, 6.45) is 4.56. The zero-order valence-corrected chi connectivity index (χ0v) is 16.5. The minimum Gasteiger partial charge on any atom is -0.337 e. The van der Waals surface area contributed by atoms with Crippen LogP contribution in [0.3, 0.4) is 0 Å². The molecule has 4 rings (SSSR count). The second-order valence-electron chi connectivity index (χ2n) is 7.76. The van der Waals surface area contributed by atoms with Gasteiger partial charge in [-0.2, -0.15) is 5.10 Å². The monoisotopic (exact) mass is 375 g/mol. The van der Waals surface area contributed by atoms with E-state index in [1.165, 1.54) is 0 Å². The number of amides is 1. The number of nitrogens with zero attached hydrogens (tertiary/aromatic N) is 4. The Kier molecular flexibility index (Phi) is 4.94. The largest absolute Gasteiger partial charge is 0.337 e. The van der Waals surface area contributed by atoms with Gasteiger partial charge >= 0.3 is 0 Å². The molecule has 1 atom stereocenters. The molecule has 0 bridgehead atoms. The van der Waals surface area contributed by atoms with Crippen molar-refractivity contribution >= 4 is 5.91 Å². The van der Waals surface area contributed by atoms with Crippen LogP contribution in [0, 0.1) is 6.92 Å². The summed E-state index contributed by atoms with van der Waals surface area (Å²) in [4.78, 5) is 23.7. The Bertz CT molecular complexity index is 980. The van der Waals surface area contributed by atoms with Crippen LogP contribution in [0.15, 0.2) is 42.7 Å². The van der Waals surface area contributed by atoms with Gasteiger partial charge in [-0.05, 0) is 49.1 Å². The SMILES string of the molecule is Cc1cc(-c2cccnc2)cc(C2CCN(C(=O)c3cc(C(C)C)n[nH]3)C2)n1. The molecule has 0 spiro atoms. The summed E-state index contributed by atoms with van der Waals surface area (Å²) in [5, 5.41) is 7.15. The summed E-state index contributed by atoms with van der Waals surface area (Å²) in [7, 11) is 0. The van der Waals surface area contributed by atoms with E-state index in [4.69, 9.17) is 4.98 Å². The van der Waals surface area contributed by atoms with Crippen LogP contribution in [0.2, 0.25) is 0 Å². The molecule has 1 aliphatic heterocycles. The van der Waals surface area contributed by atoms with Crippen LogP contribution in [0.5, 0.6) is 0 Å². The molecular formula is C22H25N5O. The van der Waals surface area contributed by atoms with Crippen molar-refractivity contribution in [2.45, 2.75) is 39.0 Å². The van der Waals surface area contributed by atoms with E-state index in [1.54, 1.807) is 6.20 Å². The van der Waals surface area contributed by atoms with Gasteiger partial charge in [-0.25, -0.2) is 0 Å². The predicted molar refractivity (Wildman–Crippen MR) is 108 cm³/mol. The molecule has 1 N–H and O–H groups in total. The molecule has 0 aromatic carbocycles. The first-order valence-corrected chi connectivity index (χ1v) is 9.75. The number of H-pyrrole nitrogens is 1. The van der Waals surface area contributed by atoms with E-state index in [-0.39, 0.29) is 11.8 Å². The fourth-order valence-corrected chi connectivity index (χ4v) is 3.70. The molecule has 1 amide bonds. The Balaban J connectivity index is 1.52. The molecular weight excluding hydrogens is 350 g/mol. The third kappa shape index (κ3) is 3.67. The maximum Gasteiger partial charge on any atom is 0.271 e. The van der Waals surface area contributed by atoms with Crippen LogP contribution in [-0.2, 0) is 0 Å². The number of aryl methyl sites for hydroxylation is 1. The minimum absolute atomic E-state index is 0.0158. The third-order valence-corrected chi connectivity index (χ3v) is 5.28. The number of nitrogens with one attached hydrogen (secondary N) is 1. The molecule has 1 saturated heterocycles. The van der Waals surface area contributed by atoms with Gasteiger partial charge in [0.05, 0.1) is 5.69 Å². The quantitative estimate of drug-likeness (QED) is 0.750. The van der Waals surface area contributed by atoms with Crippen LogP contribution < -0.4 is 0 Å². The van der Waals surface area contributed by atoms with Crippen molar-refractivity contribution in [2.75, 3.05) is 13.1 Å². The number of carbonyl (C=O) groups is 1. The third-order valence-electron chi connectivity index (χ3n) is 5.28.